The summed E-state index contributed by atoms with van der Waals surface area (Å²) in [5, 5.41) is 12.1. The van der Waals surface area contributed by atoms with Gasteiger partial charge in [-0.2, -0.15) is 0 Å². The summed E-state index contributed by atoms with van der Waals surface area (Å²) >= 11 is 0. The van der Waals surface area contributed by atoms with Gasteiger partial charge in [0.15, 0.2) is 0 Å². The molecule has 0 aliphatic carbocycles. The minimum absolute atomic E-state index is 0.215. The Kier molecular flexibility index (Phi) is 3.66. The van der Waals surface area contributed by atoms with Crippen LogP contribution in [0.3, 0.4) is 0 Å². The third-order valence-electron chi connectivity index (χ3n) is 2.43. The largest absolute Gasteiger partial charge is 0.478 e. The molecular weight excluding hydrogens is 192 g/mol. The third-order valence-corrected chi connectivity index (χ3v) is 2.43. The molecule has 1 aromatic rings. The molecule has 82 valence electrons. The molecule has 0 saturated carbocycles. The maximum Gasteiger partial charge on any atom is 0.337 e. The standard InChI is InChI=1S/C11H16N2O2/c1-7(2)8(3)13-10-6-12-5-4-9(10)11(14)15/h4-8,13H,1-3H3,(H,14,15). The Balaban J connectivity index is 2.89. The van der Waals surface area contributed by atoms with Gasteiger partial charge in [-0.3, -0.25) is 4.98 Å². The Bertz CT molecular complexity index is 350. The lowest BCUT2D eigenvalue weighted by Crippen LogP contribution is -2.23. The predicted molar refractivity (Wildman–Crippen MR) is 59.1 cm³/mol. The molecule has 4 heteroatoms. The van der Waals surface area contributed by atoms with Gasteiger partial charge >= 0.3 is 5.97 Å². The van der Waals surface area contributed by atoms with Gasteiger partial charge in [-0.15, -0.1) is 0 Å². The van der Waals surface area contributed by atoms with Crippen molar-refractivity contribution in [3.05, 3.63) is 24.0 Å². The van der Waals surface area contributed by atoms with E-state index in [1.54, 1.807) is 6.20 Å². The van der Waals surface area contributed by atoms with Crippen LogP contribution in [0.1, 0.15) is 31.1 Å². The number of nitrogens with zero attached hydrogens (tertiary/aromatic N) is 1. The zero-order chi connectivity index (χ0) is 11.4. The smallest absolute Gasteiger partial charge is 0.337 e. The van der Waals surface area contributed by atoms with Gasteiger partial charge in [0.1, 0.15) is 0 Å². The lowest BCUT2D eigenvalue weighted by Gasteiger charge is -2.19. The first-order chi connectivity index (χ1) is 7.02. The van der Waals surface area contributed by atoms with Crippen molar-refractivity contribution in [1.29, 1.82) is 0 Å². The van der Waals surface area contributed by atoms with Crippen LogP contribution in [-0.4, -0.2) is 22.1 Å². The normalized spacial score (nSPS) is 12.5. The summed E-state index contributed by atoms with van der Waals surface area (Å²) in [5.41, 5.74) is 0.837. The van der Waals surface area contributed by atoms with Gasteiger partial charge in [-0.1, -0.05) is 13.8 Å². The highest BCUT2D eigenvalue weighted by atomic mass is 16.4. The highest BCUT2D eigenvalue weighted by Crippen LogP contribution is 2.16. The molecule has 15 heavy (non-hydrogen) atoms. The van der Waals surface area contributed by atoms with E-state index in [-0.39, 0.29) is 11.6 Å². The minimum Gasteiger partial charge on any atom is -0.478 e. The molecule has 2 N–H and O–H groups in total. The first-order valence-corrected chi connectivity index (χ1v) is 4.96. The summed E-state index contributed by atoms with van der Waals surface area (Å²) in [7, 11) is 0. The van der Waals surface area contributed by atoms with Gasteiger partial charge < -0.3 is 10.4 Å². The van der Waals surface area contributed by atoms with Gasteiger partial charge in [0.25, 0.3) is 0 Å². The second kappa shape index (κ2) is 4.77. The maximum atomic E-state index is 10.9. The molecule has 0 radical (unpaired) electrons. The van der Waals surface area contributed by atoms with Crippen LogP contribution in [0.4, 0.5) is 5.69 Å². The van der Waals surface area contributed by atoms with Crippen molar-refractivity contribution in [2.75, 3.05) is 5.32 Å². The molecule has 1 heterocycles. The van der Waals surface area contributed by atoms with Crippen LogP contribution < -0.4 is 5.32 Å². The van der Waals surface area contributed by atoms with E-state index in [2.05, 4.69) is 24.1 Å². The van der Waals surface area contributed by atoms with Crippen molar-refractivity contribution in [2.24, 2.45) is 5.92 Å². The number of nitrogens with one attached hydrogen (secondary N) is 1. The number of rotatable bonds is 4. The minimum atomic E-state index is -0.934. The van der Waals surface area contributed by atoms with Crippen molar-refractivity contribution in [3.8, 4) is 0 Å². The van der Waals surface area contributed by atoms with E-state index in [0.29, 0.717) is 11.6 Å². The second-order valence-electron chi connectivity index (χ2n) is 3.90. The van der Waals surface area contributed by atoms with Gasteiger partial charge in [0.2, 0.25) is 0 Å². The zero-order valence-electron chi connectivity index (χ0n) is 9.19. The van der Waals surface area contributed by atoms with E-state index in [9.17, 15) is 4.79 Å². The Morgan fingerprint density at radius 3 is 2.67 bits per heavy atom. The number of aromatic carboxylic acids is 1. The number of hydrogen-bond acceptors (Lipinski definition) is 3. The monoisotopic (exact) mass is 208 g/mol. The molecule has 1 rings (SSSR count). The Morgan fingerprint density at radius 1 is 1.47 bits per heavy atom. The number of anilines is 1. The molecule has 1 unspecified atom stereocenters. The van der Waals surface area contributed by atoms with Gasteiger partial charge in [-0.25, -0.2) is 4.79 Å². The second-order valence-corrected chi connectivity index (χ2v) is 3.90. The number of pyridine rings is 1. The summed E-state index contributed by atoms with van der Waals surface area (Å²) in [4.78, 5) is 14.8. The van der Waals surface area contributed by atoms with Gasteiger partial charge in [-0.05, 0) is 18.9 Å². The first-order valence-electron chi connectivity index (χ1n) is 4.96. The Hall–Kier alpha value is -1.58. The van der Waals surface area contributed by atoms with Gasteiger partial charge in [0, 0.05) is 12.2 Å². The van der Waals surface area contributed by atoms with Crippen molar-refractivity contribution in [2.45, 2.75) is 26.8 Å². The molecule has 4 nitrogen and oxygen atoms in total. The molecule has 0 spiro atoms. The lowest BCUT2D eigenvalue weighted by molar-refractivity contribution is 0.0697. The highest BCUT2D eigenvalue weighted by molar-refractivity contribution is 5.93. The van der Waals surface area contributed by atoms with Crippen LogP contribution in [0.25, 0.3) is 0 Å². The highest BCUT2D eigenvalue weighted by Gasteiger charge is 2.13. The van der Waals surface area contributed by atoms with Crippen LogP contribution >= 0.6 is 0 Å². The average molecular weight is 208 g/mol. The van der Waals surface area contributed by atoms with Crippen molar-refractivity contribution >= 4 is 11.7 Å². The topological polar surface area (TPSA) is 62.2 Å². The fraction of sp³-hybridized carbons (Fsp3) is 0.455. The van der Waals surface area contributed by atoms with E-state index in [1.165, 1.54) is 12.3 Å². The predicted octanol–water partition coefficient (Wildman–Crippen LogP) is 2.24. The molecule has 0 bridgehead atoms. The van der Waals surface area contributed by atoms with E-state index in [1.807, 2.05) is 6.92 Å². The third kappa shape index (κ3) is 2.94. The molecular formula is C11H16N2O2. The van der Waals surface area contributed by atoms with Crippen LogP contribution in [0.5, 0.6) is 0 Å². The summed E-state index contributed by atoms with van der Waals surface area (Å²) in [5.74, 6) is -0.497. The Labute approximate surface area is 89.3 Å². The molecule has 0 amide bonds. The zero-order valence-corrected chi connectivity index (χ0v) is 9.19. The average Bonchev–Trinajstić information content (AvgIpc) is 2.18. The van der Waals surface area contributed by atoms with Crippen LogP contribution in [0.2, 0.25) is 0 Å². The van der Waals surface area contributed by atoms with E-state index >= 15 is 0 Å². The van der Waals surface area contributed by atoms with Crippen LogP contribution in [-0.2, 0) is 0 Å². The fourth-order valence-electron chi connectivity index (χ4n) is 1.11. The molecule has 0 fully saturated rings. The number of carbonyl (C=O) groups is 1. The van der Waals surface area contributed by atoms with Crippen molar-refractivity contribution in [1.82, 2.24) is 4.98 Å². The maximum absolute atomic E-state index is 10.9. The van der Waals surface area contributed by atoms with Crippen LogP contribution in [0, 0.1) is 5.92 Å². The summed E-state index contributed by atoms with van der Waals surface area (Å²) < 4.78 is 0. The molecule has 1 atom stereocenters. The van der Waals surface area contributed by atoms with Crippen molar-refractivity contribution < 1.29 is 9.90 Å². The van der Waals surface area contributed by atoms with Crippen LogP contribution in [0.15, 0.2) is 18.5 Å². The molecule has 0 aliphatic heterocycles. The number of aromatic nitrogens is 1. The van der Waals surface area contributed by atoms with Crippen molar-refractivity contribution in [3.63, 3.8) is 0 Å². The first kappa shape index (κ1) is 11.5. The quantitative estimate of drug-likeness (QED) is 0.796. The van der Waals surface area contributed by atoms with E-state index in [4.69, 9.17) is 5.11 Å². The fourth-order valence-corrected chi connectivity index (χ4v) is 1.11. The van der Waals surface area contributed by atoms with E-state index < -0.39 is 5.97 Å². The number of carboxylic acids is 1. The summed E-state index contributed by atoms with van der Waals surface area (Å²) in [6, 6.07) is 1.71. The summed E-state index contributed by atoms with van der Waals surface area (Å²) in [6.07, 6.45) is 3.02. The summed E-state index contributed by atoms with van der Waals surface area (Å²) in [6.45, 7) is 6.17. The SMILES string of the molecule is CC(C)C(C)Nc1cnccc1C(=O)O. The molecule has 0 aromatic carbocycles. The molecule has 0 saturated heterocycles. The van der Waals surface area contributed by atoms with E-state index in [0.717, 1.165) is 0 Å². The molecule has 1 aromatic heterocycles. The Morgan fingerprint density at radius 2 is 2.13 bits per heavy atom. The number of hydrogen-bond donors (Lipinski definition) is 2. The molecule has 0 aliphatic rings. The van der Waals surface area contributed by atoms with Gasteiger partial charge in [0.05, 0.1) is 17.4 Å². The lowest BCUT2D eigenvalue weighted by atomic mass is 10.1. The number of carboxylic acid groups (broad SMARTS) is 1.